The molecule has 0 unspecified atom stereocenters. The average Bonchev–Trinajstić information content (AvgIpc) is 3.16. The molecule has 0 spiro atoms. The summed E-state index contributed by atoms with van der Waals surface area (Å²) in [4.78, 5) is 10.8. The molecule has 8 heteroatoms. The number of rotatable bonds is 15. The maximum atomic E-state index is 5.05. The number of nitrogens with one attached hydrogen (secondary N) is 1. The Kier molecular flexibility index (Phi) is 10.9. The molecule has 160 valence electrons. The summed E-state index contributed by atoms with van der Waals surface area (Å²) in [6, 6.07) is 2.14. The van der Waals surface area contributed by atoms with E-state index in [9.17, 15) is 0 Å². The van der Waals surface area contributed by atoms with E-state index >= 15 is 0 Å². The fourth-order valence-corrected chi connectivity index (χ4v) is 8.56. The molecule has 2 aromatic heterocycles. The van der Waals surface area contributed by atoms with Crippen LogP contribution in [0.3, 0.4) is 0 Å². The molecule has 0 bridgehead atoms. The van der Waals surface area contributed by atoms with E-state index in [-0.39, 0.29) is 0 Å². The molecule has 0 saturated heterocycles. The summed E-state index contributed by atoms with van der Waals surface area (Å²) in [6.45, 7) is 7.24. The summed E-state index contributed by atoms with van der Waals surface area (Å²) >= 11 is -0.877. The van der Waals surface area contributed by atoms with Crippen LogP contribution >= 0.6 is 0 Å². The van der Waals surface area contributed by atoms with Crippen molar-refractivity contribution in [2.45, 2.75) is 88.7 Å². The van der Waals surface area contributed by atoms with Gasteiger partial charge >= 0.3 is 186 Å². The molecule has 0 amide bonds. The molecule has 29 heavy (non-hydrogen) atoms. The third-order valence-corrected chi connectivity index (χ3v) is 10.3. The molecule has 2 heterocycles. The third kappa shape index (κ3) is 8.20. The minimum atomic E-state index is -0.877. The SMILES string of the molecule is CCCC[C](CCCC)(CCCC)[Sn][c]1ccnc(Nc2cnn(COC)n2)n1. The number of nitrogens with zero attached hydrogens (tertiary/aromatic N) is 5. The molecular weight excluding hydrogens is 471 g/mol. The van der Waals surface area contributed by atoms with Gasteiger partial charge in [-0.25, -0.2) is 0 Å². The van der Waals surface area contributed by atoms with Gasteiger partial charge in [-0.15, -0.1) is 0 Å². The summed E-state index contributed by atoms with van der Waals surface area (Å²) < 4.78 is 6.84. The van der Waals surface area contributed by atoms with E-state index in [1.165, 1.54) is 66.3 Å². The van der Waals surface area contributed by atoms with Crippen molar-refractivity contribution in [3.05, 3.63) is 18.5 Å². The van der Waals surface area contributed by atoms with Gasteiger partial charge in [0.05, 0.1) is 0 Å². The van der Waals surface area contributed by atoms with Crippen LogP contribution in [-0.4, -0.2) is 53.2 Å². The van der Waals surface area contributed by atoms with Crippen molar-refractivity contribution in [2.24, 2.45) is 0 Å². The van der Waals surface area contributed by atoms with Crippen molar-refractivity contribution < 1.29 is 4.74 Å². The normalized spacial score (nSPS) is 11.7. The number of unbranched alkanes of at least 4 members (excludes halogenated alkanes) is 3. The second-order valence-electron chi connectivity index (χ2n) is 7.63. The molecule has 0 aliphatic rings. The monoisotopic (exact) mass is 508 g/mol. The predicted octanol–water partition coefficient (Wildman–Crippen LogP) is 4.47. The first-order chi connectivity index (χ1) is 14.1. The van der Waals surface area contributed by atoms with Crippen molar-refractivity contribution in [2.75, 3.05) is 12.4 Å². The zero-order chi connectivity index (χ0) is 21.0. The summed E-state index contributed by atoms with van der Waals surface area (Å²) in [5.74, 6) is 1.25. The number of methoxy groups -OCH3 is 1. The Bertz CT molecular complexity index is 686. The van der Waals surface area contributed by atoms with Gasteiger partial charge in [-0.2, -0.15) is 0 Å². The third-order valence-electron chi connectivity index (χ3n) is 5.10. The van der Waals surface area contributed by atoms with Crippen LogP contribution in [0.5, 0.6) is 0 Å². The van der Waals surface area contributed by atoms with Crippen LogP contribution < -0.4 is 9.03 Å². The van der Waals surface area contributed by atoms with Gasteiger partial charge in [0.2, 0.25) is 0 Å². The molecule has 1 N–H and O–H groups in total. The van der Waals surface area contributed by atoms with Crippen LogP contribution in [-0.2, 0) is 11.5 Å². The number of aromatic nitrogens is 5. The Labute approximate surface area is 185 Å². The number of ether oxygens (including phenoxy) is 1. The predicted molar refractivity (Wildman–Crippen MR) is 119 cm³/mol. The van der Waals surface area contributed by atoms with Crippen molar-refractivity contribution in [3.8, 4) is 0 Å². The molecule has 0 aromatic carbocycles. The second-order valence-corrected chi connectivity index (χ2v) is 12.8. The molecule has 0 aliphatic carbocycles. The first-order valence-electron chi connectivity index (χ1n) is 10.9. The van der Waals surface area contributed by atoms with E-state index in [1.54, 1.807) is 13.3 Å². The van der Waals surface area contributed by atoms with Gasteiger partial charge < -0.3 is 0 Å². The number of hydrogen-bond acceptors (Lipinski definition) is 6. The van der Waals surface area contributed by atoms with Gasteiger partial charge in [0.25, 0.3) is 0 Å². The van der Waals surface area contributed by atoms with Crippen LogP contribution in [0.4, 0.5) is 11.8 Å². The topological polar surface area (TPSA) is 77.8 Å². The molecule has 0 aliphatic heterocycles. The van der Waals surface area contributed by atoms with E-state index in [4.69, 9.17) is 9.72 Å². The van der Waals surface area contributed by atoms with E-state index in [0.29, 0.717) is 21.9 Å². The fourth-order valence-electron chi connectivity index (χ4n) is 3.52. The van der Waals surface area contributed by atoms with Gasteiger partial charge in [-0.05, 0) is 0 Å². The average molecular weight is 507 g/mol. The van der Waals surface area contributed by atoms with Crippen LogP contribution in [0, 0.1) is 0 Å². The minimum absolute atomic E-state index is 0.325. The summed E-state index contributed by atoms with van der Waals surface area (Å²) in [5, 5.41) is 11.7. The van der Waals surface area contributed by atoms with Crippen molar-refractivity contribution in [1.82, 2.24) is 25.0 Å². The van der Waals surface area contributed by atoms with Crippen molar-refractivity contribution in [1.29, 1.82) is 0 Å². The first kappa shape index (κ1) is 24.1. The number of hydrogen-bond donors (Lipinski definition) is 1. The van der Waals surface area contributed by atoms with Crippen LogP contribution in [0.15, 0.2) is 18.5 Å². The maximum absolute atomic E-state index is 5.05. The van der Waals surface area contributed by atoms with Gasteiger partial charge in [0.1, 0.15) is 0 Å². The standard InChI is InChI=1S/C13H27.C8H9N6O.Sn/c1-4-7-10-13(11-8-5-2)12-9-6-3;1-15-6-14-11-5-7(13-14)12-8-9-3-2-4-10-8;/h4-12H2,1-3H3;2-3,5H,6H2,1H3,(H,9,10,12,13);. The second kappa shape index (κ2) is 13.2. The van der Waals surface area contributed by atoms with Crippen molar-refractivity contribution in [3.63, 3.8) is 0 Å². The Hall–Kier alpha value is -1.22. The fraction of sp³-hybridized carbons (Fsp3) is 0.714. The Balaban J connectivity index is 2.15. The molecule has 2 radical (unpaired) electrons. The van der Waals surface area contributed by atoms with E-state index in [2.05, 4.69) is 47.3 Å². The van der Waals surface area contributed by atoms with Gasteiger partial charge in [0, 0.05) is 0 Å². The molecule has 0 fully saturated rings. The zero-order valence-corrected chi connectivity index (χ0v) is 21.3. The molecular formula is C21H36N6OSn. The van der Waals surface area contributed by atoms with Crippen LogP contribution in [0.25, 0.3) is 0 Å². The zero-order valence-electron chi connectivity index (χ0n) is 18.4. The van der Waals surface area contributed by atoms with E-state index in [0.717, 1.165) is 0 Å². The molecule has 0 saturated carbocycles. The van der Waals surface area contributed by atoms with Gasteiger partial charge in [-0.1, -0.05) is 0 Å². The van der Waals surface area contributed by atoms with E-state index in [1.807, 2.05) is 6.20 Å². The van der Waals surface area contributed by atoms with Gasteiger partial charge in [0.15, 0.2) is 0 Å². The van der Waals surface area contributed by atoms with Crippen molar-refractivity contribution >= 4 is 36.6 Å². The van der Waals surface area contributed by atoms with E-state index < -0.39 is 21.1 Å². The molecule has 7 nitrogen and oxygen atoms in total. The number of anilines is 2. The Morgan fingerprint density at radius 1 is 1.07 bits per heavy atom. The van der Waals surface area contributed by atoms with Crippen LogP contribution in [0.2, 0.25) is 3.43 Å². The molecule has 2 aromatic rings. The first-order valence-corrected chi connectivity index (χ1v) is 13.8. The summed E-state index contributed by atoms with van der Waals surface area (Å²) in [7, 11) is 1.62. The Morgan fingerprint density at radius 3 is 2.31 bits per heavy atom. The quantitative estimate of drug-likeness (QED) is 0.359. The van der Waals surface area contributed by atoms with Crippen LogP contribution in [0.1, 0.15) is 78.6 Å². The Morgan fingerprint density at radius 2 is 1.72 bits per heavy atom. The van der Waals surface area contributed by atoms with Gasteiger partial charge in [-0.3, -0.25) is 0 Å². The molecule has 2 rings (SSSR count). The molecule has 0 atom stereocenters. The summed E-state index contributed by atoms with van der Waals surface area (Å²) in [5.41, 5.74) is 0. The summed E-state index contributed by atoms with van der Waals surface area (Å²) in [6.07, 6.45) is 15.4.